The first-order valence-electron chi connectivity index (χ1n) is 11.4. The molecule has 5 atom stereocenters. The fourth-order valence-electron chi connectivity index (χ4n) is 4.07. The molecule has 0 radical (unpaired) electrons. The Morgan fingerprint density at radius 2 is 1.21 bits per heavy atom. The van der Waals surface area contributed by atoms with Gasteiger partial charge in [-0.1, -0.05) is 66.7 Å². The summed E-state index contributed by atoms with van der Waals surface area (Å²) in [5.74, 6) is -0.906. The molecular weight excluding hydrogens is 436 g/mol. The van der Waals surface area contributed by atoms with E-state index in [0.717, 1.165) is 11.1 Å². The molecule has 0 spiro atoms. The number of hydrogen-bond acceptors (Lipinski definition) is 7. The average molecular weight is 469 g/mol. The maximum atomic E-state index is 11.9. The molecule has 0 unspecified atom stereocenters. The molecule has 7 heteroatoms. The second-order valence-electron chi connectivity index (χ2n) is 8.14. The molecule has 1 fully saturated rings. The highest BCUT2D eigenvalue weighted by Gasteiger charge is 2.50. The number of hydrogen-bond donors (Lipinski definition) is 0. The minimum Gasteiger partial charge on any atom is -0.460 e. The van der Waals surface area contributed by atoms with Gasteiger partial charge in [0.05, 0.1) is 19.8 Å². The lowest BCUT2D eigenvalue weighted by Gasteiger charge is -2.45. The fraction of sp³-hybridized carbons (Fsp3) is 0.407. The molecule has 7 nitrogen and oxygen atoms in total. The maximum Gasteiger partial charge on any atom is 0.302 e. The molecule has 0 aliphatic heterocycles. The molecule has 0 N–H and O–H groups in total. The monoisotopic (exact) mass is 468 g/mol. The van der Waals surface area contributed by atoms with Crippen molar-refractivity contribution >= 4 is 11.9 Å². The van der Waals surface area contributed by atoms with Gasteiger partial charge in [-0.15, -0.1) is 6.58 Å². The Labute approximate surface area is 200 Å². The molecular formula is C27H32O7. The van der Waals surface area contributed by atoms with Gasteiger partial charge < -0.3 is 23.7 Å². The van der Waals surface area contributed by atoms with Crippen LogP contribution in [0.2, 0.25) is 0 Å². The van der Waals surface area contributed by atoms with Crippen LogP contribution in [-0.2, 0) is 46.5 Å². The molecule has 0 aromatic heterocycles. The van der Waals surface area contributed by atoms with Crippen molar-refractivity contribution in [2.75, 3.05) is 6.61 Å². The van der Waals surface area contributed by atoms with Crippen molar-refractivity contribution < 1.29 is 33.3 Å². The summed E-state index contributed by atoms with van der Waals surface area (Å²) < 4.78 is 29.9. The summed E-state index contributed by atoms with van der Waals surface area (Å²) in [5, 5.41) is 0. The third kappa shape index (κ3) is 7.52. The number of ether oxygens (including phenoxy) is 5. The van der Waals surface area contributed by atoms with Crippen LogP contribution in [0.15, 0.2) is 73.3 Å². The van der Waals surface area contributed by atoms with Gasteiger partial charge in [-0.2, -0.15) is 0 Å². The quantitative estimate of drug-likeness (QED) is 0.364. The van der Waals surface area contributed by atoms with E-state index in [1.165, 1.54) is 13.8 Å². The smallest absolute Gasteiger partial charge is 0.302 e. The van der Waals surface area contributed by atoms with Crippen LogP contribution >= 0.6 is 0 Å². The molecule has 0 saturated heterocycles. The van der Waals surface area contributed by atoms with Crippen LogP contribution in [0.5, 0.6) is 0 Å². The van der Waals surface area contributed by atoms with Crippen molar-refractivity contribution in [3.05, 3.63) is 84.4 Å². The van der Waals surface area contributed by atoms with Crippen molar-refractivity contribution in [2.45, 2.75) is 64.0 Å². The highest BCUT2D eigenvalue weighted by Crippen LogP contribution is 2.33. The molecule has 0 heterocycles. The summed E-state index contributed by atoms with van der Waals surface area (Å²) in [4.78, 5) is 23.8. The van der Waals surface area contributed by atoms with E-state index in [9.17, 15) is 9.59 Å². The van der Waals surface area contributed by atoms with Gasteiger partial charge in [0.25, 0.3) is 0 Å². The Bertz CT molecular complexity index is 915. The number of carbonyl (C=O) groups excluding carboxylic acids is 2. The Kier molecular flexibility index (Phi) is 9.82. The van der Waals surface area contributed by atoms with Gasteiger partial charge in [-0.3, -0.25) is 9.59 Å². The van der Waals surface area contributed by atoms with Crippen molar-refractivity contribution in [1.82, 2.24) is 0 Å². The summed E-state index contributed by atoms with van der Waals surface area (Å²) in [6.07, 6.45) is -1.48. The van der Waals surface area contributed by atoms with Crippen molar-refractivity contribution in [3.8, 4) is 0 Å². The highest BCUT2D eigenvalue weighted by molar-refractivity contribution is 5.67. The van der Waals surface area contributed by atoms with Crippen LogP contribution in [0, 0.1) is 0 Å². The molecule has 2 aromatic carbocycles. The van der Waals surface area contributed by atoms with Gasteiger partial charge in [0, 0.05) is 20.3 Å². The number of benzene rings is 2. The van der Waals surface area contributed by atoms with Gasteiger partial charge in [0.1, 0.15) is 30.5 Å². The molecule has 3 rings (SSSR count). The summed E-state index contributed by atoms with van der Waals surface area (Å²) in [7, 11) is 0. The van der Waals surface area contributed by atoms with Gasteiger partial charge >= 0.3 is 11.9 Å². The van der Waals surface area contributed by atoms with E-state index in [2.05, 4.69) is 6.58 Å². The van der Waals surface area contributed by atoms with Crippen LogP contribution in [0.3, 0.4) is 0 Å². The Morgan fingerprint density at radius 1 is 0.765 bits per heavy atom. The van der Waals surface area contributed by atoms with E-state index in [1.807, 2.05) is 60.7 Å². The highest BCUT2D eigenvalue weighted by atomic mass is 16.6. The van der Waals surface area contributed by atoms with Gasteiger partial charge in [-0.25, -0.2) is 0 Å². The van der Waals surface area contributed by atoms with E-state index >= 15 is 0 Å². The third-order valence-corrected chi connectivity index (χ3v) is 5.46. The zero-order valence-electron chi connectivity index (χ0n) is 19.6. The maximum absolute atomic E-state index is 11.9. The average Bonchev–Trinajstić information content (AvgIpc) is 2.82. The lowest BCUT2D eigenvalue weighted by atomic mass is 9.86. The zero-order valence-corrected chi connectivity index (χ0v) is 19.6. The van der Waals surface area contributed by atoms with Gasteiger partial charge in [-0.05, 0) is 11.1 Å². The lowest BCUT2D eigenvalue weighted by Crippen LogP contribution is -2.60. The van der Waals surface area contributed by atoms with Crippen LogP contribution < -0.4 is 0 Å². The number of esters is 2. The van der Waals surface area contributed by atoms with Crippen LogP contribution in [0.25, 0.3) is 0 Å². The predicted octanol–water partition coefficient (Wildman–Crippen LogP) is 4.00. The van der Waals surface area contributed by atoms with E-state index in [4.69, 9.17) is 23.7 Å². The SMILES string of the molecule is C=CCO[C@H]1[C@H](OCc2ccccc2)[C@@H](OCc2ccccc2)[C@H](OC(C)=O)C[C@H]1OC(C)=O. The van der Waals surface area contributed by atoms with Gasteiger partial charge in [0.15, 0.2) is 0 Å². The number of rotatable bonds is 11. The van der Waals surface area contributed by atoms with Crippen LogP contribution in [0.4, 0.5) is 0 Å². The first-order valence-corrected chi connectivity index (χ1v) is 11.4. The van der Waals surface area contributed by atoms with Crippen LogP contribution in [-0.4, -0.2) is 49.1 Å². The van der Waals surface area contributed by atoms with E-state index in [1.54, 1.807) is 6.08 Å². The summed E-state index contributed by atoms with van der Waals surface area (Å²) in [6.45, 7) is 7.21. The minimum atomic E-state index is -0.685. The molecule has 0 bridgehead atoms. The number of carbonyl (C=O) groups is 2. The molecule has 34 heavy (non-hydrogen) atoms. The minimum absolute atomic E-state index is 0.228. The second kappa shape index (κ2) is 13.0. The molecule has 2 aromatic rings. The Hall–Kier alpha value is -3.00. The molecule has 182 valence electrons. The predicted molar refractivity (Wildman–Crippen MR) is 126 cm³/mol. The largest absolute Gasteiger partial charge is 0.460 e. The second-order valence-corrected chi connectivity index (χ2v) is 8.14. The Morgan fingerprint density at radius 3 is 1.65 bits per heavy atom. The van der Waals surface area contributed by atoms with Crippen molar-refractivity contribution in [1.29, 1.82) is 0 Å². The van der Waals surface area contributed by atoms with Gasteiger partial charge in [0.2, 0.25) is 0 Å². The summed E-state index contributed by atoms with van der Waals surface area (Å²) >= 11 is 0. The molecule has 1 aliphatic rings. The molecule has 1 aliphatic carbocycles. The first kappa shape index (κ1) is 25.6. The fourth-order valence-corrected chi connectivity index (χ4v) is 4.07. The lowest BCUT2D eigenvalue weighted by molar-refractivity contribution is -0.237. The standard InChI is InChI=1S/C27H32O7/c1-4-15-30-25-23(33-19(2)28)16-24(34-20(3)29)26(31-17-21-11-7-5-8-12-21)27(25)32-18-22-13-9-6-10-14-22/h4-14,23-27H,1,15-18H2,2-3H3/t23-,24-,25-,26+,27+/m1/s1. The Balaban J connectivity index is 1.91. The molecule has 1 saturated carbocycles. The van der Waals surface area contributed by atoms with Crippen molar-refractivity contribution in [2.24, 2.45) is 0 Å². The summed E-state index contributed by atoms with van der Waals surface area (Å²) in [6, 6.07) is 19.4. The van der Waals surface area contributed by atoms with E-state index in [0.29, 0.717) is 6.61 Å². The third-order valence-electron chi connectivity index (χ3n) is 5.46. The molecule has 0 amide bonds. The normalized spacial score (nSPS) is 24.2. The first-order chi connectivity index (χ1) is 16.5. The van der Waals surface area contributed by atoms with Crippen LogP contribution in [0.1, 0.15) is 31.4 Å². The zero-order chi connectivity index (χ0) is 24.3. The van der Waals surface area contributed by atoms with E-state index < -0.39 is 42.5 Å². The van der Waals surface area contributed by atoms with E-state index in [-0.39, 0.29) is 19.6 Å². The summed E-state index contributed by atoms with van der Waals surface area (Å²) in [5.41, 5.74) is 1.93. The van der Waals surface area contributed by atoms with Crippen molar-refractivity contribution in [3.63, 3.8) is 0 Å². The topological polar surface area (TPSA) is 80.3 Å².